The van der Waals surface area contributed by atoms with Gasteiger partial charge in [0.25, 0.3) is 0 Å². The van der Waals surface area contributed by atoms with E-state index in [1.165, 1.54) is 0 Å². The summed E-state index contributed by atoms with van der Waals surface area (Å²) in [7, 11) is 0. The van der Waals surface area contributed by atoms with Crippen molar-refractivity contribution in [1.29, 1.82) is 0 Å². The third-order valence-electron chi connectivity index (χ3n) is 1.74. The molecule has 1 aromatic carbocycles. The minimum Gasteiger partial charge on any atom is -0.316 e. The molecule has 0 saturated carbocycles. The van der Waals surface area contributed by atoms with E-state index in [9.17, 15) is 22.0 Å². The lowest BCUT2D eigenvalue weighted by atomic mass is 10.1. The van der Waals surface area contributed by atoms with Crippen LogP contribution < -0.4 is 5.73 Å². The van der Waals surface area contributed by atoms with Gasteiger partial charge in [-0.15, -0.1) is 0 Å². The molecule has 1 rings (SSSR count). The van der Waals surface area contributed by atoms with Crippen LogP contribution in [0.25, 0.3) is 0 Å². The summed E-state index contributed by atoms with van der Waals surface area (Å²) >= 11 is 5.22. The van der Waals surface area contributed by atoms with Crippen LogP contribution in [0.5, 0.6) is 0 Å². The van der Waals surface area contributed by atoms with Gasteiger partial charge in [-0.05, 0) is 12.1 Å². The Morgan fingerprint density at radius 3 is 2.20 bits per heavy atom. The molecule has 0 radical (unpaired) electrons. The summed E-state index contributed by atoms with van der Waals surface area (Å²) in [6.07, 6.45) is -4.92. The van der Waals surface area contributed by atoms with Crippen LogP contribution in [0.4, 0.5) is 22.0 Å². The van der Waals surface area contributed by atoms with Crippen molar-refractivity contribution in [2.75, 3.05) is 0 Å². The van der Waals surface area contributed by atoms with E-state index in [1.54, 1.807) is 0 Å². The topological polar surface area (TPSA) is 26.0 Å². The monoisotopic (exact) mass is 245 g/mol. The minimum absolute atomic E-state index is 0.605. The van der Waals surface area contributed by atoms with Crippen molar-refractivity contribution in [3.63, 3.8) is 0 Å². The first-order valence-corrected chi connectivity index (χ1v) is 4.08. The number of alkyl halides is 3. The molecule has 2 N–H and O–H groups in total. The average Bonchev–Trinajstić information content (AvgIpc) is 2.10. The van der Waals surface area contributed by atoms with Gasteiger partial charge >= 0.3 is 6.18 Å². The predicted molar refractivity (Wildman–Crippen MR) is 44.4 cm³/mol. The smallest absolute Gasteiger partial charge is 0.316 e. The maximum atomic E-state index is 13.1. The second-order valence-electron chi connectivity index (χ2n) is 2.78. The number of nitrogens with two attached hydrogens (primary N) is 1. The zero-order valence-corrected chi connectivity index (χ0v) is 7.83. The maximum absolute atomic E-state index is 13.1. The van der Waals surface area contributed by atoms with Crippen molar-refractivity contribution < 1.29 is 22.0 Å². The molecule has 0 aliphatic carbocycles. The Morgan fingerprint density at radius 1 is 1.20 bits per heavy atom. The van der Waals surface area contributed by atoms with Gasteiger partial charge in [0, 0.05) is 0 Å². The van der Waals surface area contributed by atoms with E-state index in [4.69, 9.17) is 11.6 Å². The average molecular weight is 246 g/mol. The zero-order chi connectivity index (χ0) is 11.8. The molecule has 0 aromatic heterocycles. The fourth-order valence-electron chi connectivity index (χ4n) is 0.992. The molecule has 0 saturated heterocycles. The molecular weight excluding hydrogens is 241 g/mol. The van der Waals surface area contributed by atoms with Crippen LogP contribution in [-0.2, 0) is 0 Å². The number of benzene rings is 1. The summed E-state index contributed by atoms with van der Waals surface area (Å²) in [6, 6.07) is -1.28. The minimum atomic E-state index is -4.92. The lowest BCUT2D eigenvalue weighted by molar-refractivity contribution is -0.150. The molecule has 0 unspecified atom stereocenters. The lowest BCUT2D eigenvalue weighted by Gasteiger charge is -2.17. The van der Waals surface area contributed by atoms with E-state index in [2.05, 4.69) is 5.73 Å². The van der Waals surface area contributed by atoms with Gasteiger partial charge in [-0.1, -0.05) is 11.6 Å². The van der Waals surface area contributed by atoms with Crippen LogP contribution in [0, 0.1) is 11.6 Å². The Morgan fingerprint density at radius 2 is 1.73 bits per heavy atom. The highest BCUT2D eigenvalue weighted by Gasteiger charge is 2.41. The first kappa shape index (κ1) is 12.2. The molecule has 1 nitrogen and oxygen atoms in total. The fraction of sp³-hybridized carbons (Fsp3) is 0.250. The Balaban J connectivity index is 3.31. The van der Waals surface area contributed by atoms with E-state index in [-0.39, 0.29) is 0 Å². The molecule has 0 amide bonds. The van der Waals surface area contributed by atoms with Crippen molar-refractivity contribution in [3.8, 4) is 0 Å². The van der Waals surface area contributed by atoms with Crippen LogP contribution in [0.15, 0.2) is 12.1 Å². The Kier molecular flexibility index (Phi) is 3.20. The molecule has 84 valence electrons. The van der Waals surface area contributed by atoms with Crippen molar-refractivity contribution >= 4 is 11.6 Å². The van der Waals surface area contributed by atoms with Gasteiger partial charge in [0.2, 0.25) is 0 Å². The molecule has 1 aromatic rings. The predicted octanol–water partition coefficient (Wildman–Crippen LogP) is 3.18. The Hall–Kier alpha value is -0.880. The van der Waals surface area contributed by atoms with Crippen LogP contribution >= 0.6 is 11.6 Å². The van der Waals surface area contributed by atoms with Crippen molar-refractivity contribution in [3.05, 3.63) is 34.4 Å². The highest BCUT2D eigenvalue weighted by Crippen LogP contribution is 2.35. The van der Waals surface area contributed by atoms with Gasteiger partial charge in [0.1, 0.15) is 17.7 Å². The lowest BCUT2D eigenvalue weighted by Crippen LogP contribution is -2.30. The van der Waals surface area contributed by atoms with Crippen molar-refractivity contribution in [2.24, 2.45) is 5.73 Å². The van der Waals surface area contributed by atoms with Crippen molar-refractivity contribution in [1.82, 2.24) is 0 Å². The molecule has 0 bridgehead atoms. The quantitative estimate of drug-likeness (QED) is 0.597. The molecule has 0 heterocycles. The SMILES string of the molecule is N[C@@H](c1c(F)ccc(Cl)c1F)C(F)(F)F. The van der Waals surface area contributed by atoms with E-state index in [0.717, 1.165) is 6.07 Å². The number of hydrogen-bond donors (Lipinski definition) is 1. The molecule has 7 heteroatoms. The third kappa shape index (κ3) is 2.38. The Labute approximate surface area is 86.6 Å². The Bertz CT molecular complexity index is 376. The molecule has 0 fully saturated rings. The third-order valence-corrected chi connectivity index (χ3v) is 2.03. The second-order valence-corrected chi connectivity index (χ2v) is 3.18. The van der Waals surface area contributed by atoms with Gasteiger partial charge < -0.3 is 5.73 Å². The molecule has 0 spiro atoms. The number of halogens is 6. The van der Waals surface area contributed by atoms with Gasteiger partial charge in [-0.3, -0.25) is 0 Å². The van der Waals surface area contributed by atoms with E-state index in [1.807, 2.05) is 0 Å². The number of hydrogen-bond acceptors (Lipinski definition) is 1. The van der Waals surface area contributed by atoms with E-state index >= 15 is 0 Å². The van der Waals surface area contributed by atoms with E-state index in [0.29, 0.717) is 6.07 Å². The van der Waals surface area contributed by atoms with Crippen LogP contribution in [0.1, 0.15) is 11.6 Å². The summed E-state index contributed by atoms with van der Waals surface area (Å²) in [6.45, 7) is 0. The maximum Gasteiger partial charge on any atom is 0.407 e. The van der Waals surface area contributed by atoms with Gasteiger partial charge in [-0.2, -0.15) is 13.2 Å². The second kappa shape index (κ2) is 3.94. The van der Waals surface area contributed by atoms with Gasteiger partial charge in [0.15, 0.2) is 0 Å². The summed E-state index contributed by atoms with van der Waals surface area (Å²) in [4.78, 5) is 0. The van der Waals surface area contributed by atoms with Gasteiger partial charge in [-0.25, -0.2) is 8.78 Å². The standard InChI is InChI=1S/C8H5ClF5N/c9-3-1-2-4(10)5(6(3)11)7(15)8(12,13)14/h1-2,7H,15H2/t7-/m0/s1. The molecule has 0 aliphatic rings. The zero-order valence-electron chi connectivity index (χ0n) is 7.08. The molecular formula is C8H5ClF5N. The highest BCUT2D eigenvalue weighted by molar-refractivity contribution is 6.30. The highest BCUT2D eigenvalue weighted by atomic mass is 35.5. The van der Waals surface area contributed by atoms with Crippen LogP contribution in [-0.4, -0.2) is 6.18 Å². The van der Waals surface area contributed by atoms with E-state index < -0.39 is 34.4 Å². The van der Waals surface area contributed by atoms with Crippen molar-refractivity contribution in [2.45, 2.75) is 12.2 Å². The normalized spacial score (nSPS) is 14.1. The first-order chi connectivity index (χ1) is 6.75. The summed E-state index contributed by atoms with van der Waals surface area (Å²) in [5.41, 5.74) is 3.41. The number of rotatable bonds is 1. The fourth-order valence-corrected chi connectivity index (χ4v) is 1.16. The van der Waals surface area contributed by atoms with Crippen LogP contribution in [0.3, 0.4) is 0 Å². The first-order valence-electron chi connectivity index (χ1n) is 3.71. The molecule has 15 heavy (non-hydrogen) atoms. The molecule has 0 aliphatic heterocycles. The largest absolute Gasteiger partial charge is 0.407 e. The summed E-state index contributed by atoms with van der Waals surface area (Å²) in [5.74, 6) is -2.86. The summed E-state index contributed by atoms with van der Waals surface area (Å²) < 4.78 is 62.4. The summed E-state index contributed by atoms with van der Waals surface area (Å²) in [5, 5.41) is -0.605. The molecule has 1 atom stereocenters. The van der Waals surface area contributed by atoms with Gasteiger partial charge in [0.05, 0.1) is 10.6 Å². The van der Waals surface area contributed by atoms with Crippen LogP contribution in [0.2, 0.25) is 5.02 Å².